The molecule has 0 aliphatic carbocycles. The number of aromatic nitrogens is 7. The molecule has 10 heteroatoms. The highest BCUT2D eigenvalue weighted by Crippen LogP contribution is 2.44. The van der Waals surface area contributed by atoms with Crippen LogP contribution < -0.4 is 11.1 Å². The molecule has 1 aliphatic rings. The maximum atomic E-state index is 13.0. The molecule has 5 heterocycles. The van der Waals surface area contributed by atoms with Crippen LogP contribution >= 0.6 is 0 Å². The molecule has 1 atom stereocenters. The second kappa shape index (κ2) is 7.33. The number of hydrogen-bond donors (Lipinski definition) is 2. The number of carbonyl (C=O) groups excluding carboxylic acids is 1. The molecule has 0 saturated carbocycles. The van der Waals surface area contributed by atoms with E-state index in [4.69, 9.17) is 10.7 Å². The van der Waals surface area contributed by atoms with Gasteiger partial charge in [-0.2, -0.15) is 5.10 Å². The molecule has 0 fully saturated rings. The van der Waals surface area contributed by atoms with Crippen LogP contribution in [-0.2, 0) is 16.6 Å². The number of carbonyl (C=O) groups is 1. The van der Waals surface area contributed by atoms with E-state index in [1.54, 1.807) is 23.8 Å². The molecule has 4 aromatic rings. The summed E-state index contributed by atoms with van der Waals surface area (Å²) in [5, 5.41) is 7.11. The van der Waals surface area contributed by atoms with Crippen LogP contribution in [0.2, 0.25) is 0 Å². The molecular formula is C22H23N9O. The normalized spacial score (nSPS) is 17.5. The van der Waals surface area contributed by atoms with Crippen molar-refractivity contribution in [3.8, 4) is 11.5 Å². The highest BCUT2D eigenvalue weighted by molar-refractivity contribution is 6.08. The molecule has 32 heavy (non-hydrogen) atoms. The molecule has 1 unspecified atom stereocenters. The molecule has 1 amide bonds. The van der Waals surface area contributed by atoms with Gasteiger partial charge in [-0.1, -0.05) is 19.4 Å². The quantitative estimate of drug-likeness (QED) is 0.494. The first-order chi connectivity index (χ1) is 15.4. The summed E-state index contributed by atoms with van der Waals surface area (Å²) in [5.74, 6) is 0.657. The first-order valence-corrected chi connectivity index (χ1v) is 10.5. The Hall–Kier alpha value is -3.95. The Morgan fingerprint density at radius 3 is 2.78 bits per heavy atom. The van der Waals surface area contributed by atoms with Gasteiger partial charge in [-0.05, 0) is 38.3 Å². The number of amides is 1. The van der Waals surface area contributed by atoms with Crippen LogP contribution in [0.1, 0.15) is 49.2 Å². The Bertz CT molecular complexity index is 1350. The Morgan fingerprint density at radius 1 is 1.19 bits per heavy atom. The maximum absolute atomic E-state index is 13.0. The molecule has 162 valence electrons. The number of unbranched alkanes of at least 4 members (excludes halogenated alkanes) is 1. The predicted molar refractivity (Wildman–Crippen MR) is 119 cm³/mol. The number of nitrogens with one attached hydrogen (secondary N) is 1. The number of nitrogens with two attached hydrogens (primary N) is 1. The van der Waals surface area contributed by atoms with Gasteiger partial charge in [0.2, 0.25) is 5.91 Å². The van der Waals surface area contributed by atoms with Gasteiger partial charge in [0.25, 0.3) is 0 Å². The minimum atomic E-state index is -1.08. The van der Waals surface area contributed by atoms with Gasteiger partial charge in [0, 0.05) is 6.20 Å². The number of pyridine rings is 1. The molecule has 0 aromatic carbocycles. The van der Waals surface area contributed by atoms with Crippen LogP contribution in [-0.4, -0.2) is 40.4 Å². The van der Waals surface area contributed by atoms with E-state index in [2.05, 4.69) is 37.3 Å². The van der Waals surface area contributed by atoms with Gasteiger partial charge in [-0.15, -0.1) is 0 Å². The average molecular weight is 429 g/mol. The lowest BCUT2D eigenvalue weighted by molar-refractivity contribution is -0.119. The molecule has 0 radical (unpaired) electrons. The van der Waals surface area contributed by atoms with Crippen molar-refractivity contribution in [2.75, 3.05) is 11.1 Å². The van der Waals surface area contributed by atoms with Crippen molar-refractivity contribution in [3.63, 3.8) is 0 Å². The van der Waals surface area contributed by atoms with Gasteiger partial charge in [-0.25, -0.2) is 24.5 Å². The molecule has 10 nitrogen and oxygen atoms in total. The van der Waals surface area contributed by atoms with Gasteiger partial charge in [0.1, 0.15) is 29.1 Å². The van der Waals surface area contributed by atoms with Crippen LogP contribution in [0.25, 0.3) is 17.2 Å². The molecule has 0 saturated heterocycles. The second-order valence-corrected chi connectivity index (χ2v) is 8.16. The fourth-order valence-electron chi connectivity index (χ4n) is 4.04. The minimum Gasteiger partial charge on any atom is -0.383 e. The van der Waals surface area contributed by atoms with E-state index < -0.39 is 5.41 Å². The van der Waals surface area contributed by atoms with Crippen LogP contribution in [0.5, 0.6) is 0 Å². The molecule has 0 spiro atoms. The number of rotatable bonds is 5. The van der Waals surface area contributed by atoms with Crippen LogP contribution in [0.15, 0.2) is 30.9 Å². The maximum Gasteiger partial charge on any atom is 0.242 e. The van der Waals surface area contributed by atoms with Gasteiger partial charge >= 0.3 is 0 Å². The number of nitrogen functional groups attached to an aromatic ring is 1. The summed E-state index contributed by atoms with van der Waals surface area (Å²) in [4.78, 5) is 35.7. The fourth-order valence-corrected chi connectivity index (χ4v) is 4.04. The zero-order chi connectivity index (χ0) is 22.5. The van der Waals surface area contributed by atoms with Crippen molar-refractivity contribution in [2.24, 2.45) is 0 Å². The number of hydrogen-bond acceptors (Lipinski definition) is 8. The minimum absolute atomic E-state index is 0.212. The second-order valence-electron chi connectivity index (χ2n) is 8.16. The van der Waals surface area contributed by atoms with Crippen molar-refractivity contribution in [1.82, 2.24) is 34.5 Å². The third kappa shape index (κ3) is 2.98. The van der Waals surface area contributed by atoms with Crippen molar-refractivity contribution in [2.45, 2.75) is 45.4 Å². The fraction of sp³-hybridized carbons (Fsp3) is 0.318. The van der Waals surface area contributed by atoms with Crippen molar-refractivity contribution in [1.29, 1.82) is 0 Å². The smallest absolute Gasteiger partial charge is 0.242 e. The van der Waals surface area contributed by atoms with Gasteiger partial charge in [0.15, 0.2) is 11.5 Å². The molecular weight excluding hydrogens is 406 g/mol. The van der Waals surface area contributed by atoms with E-state index in [-0.39, 0.29) is 11.7 Å². The van der Waals surface area contributed by atoms with E-state index in [1.807, 2.05) is 19.1 Å². The monoisotopic (exact) mass is 429 g/mol. The zero-order valence-electron chi connectivity index (χ0n) is 18.1. The highest BCUT2D eigenvalue weighted by Gasteiger charge is 2.48. The molecule has 3 N–H and O–H groups in total. The summed E-state index contributed by atoms with van der Waals surface area (Å²) in [6, 6.07) is 3.75. The molecule has 1 aliphatic heterocycles. The predicted octanol–water partition coefficient (Wildman–Crippen LogP) is 2.47. The summed E-state index contributed by atoms with van der Waals surface area (Å²) < 4.78 is 1.67. The van der Waals surface area contributed by atoms with Crippen molar-refractivity contribution < 1.29 is 4.79 Å². The number of fused-ring (bicyclic) bond motifs is 2. The number of nitrogens with zero attached hydrogens (tertiary/aromatic N) is 7. The molecule has 5 rings (SSSR count). The van der Waals surface area contributed by atoms with E-state index in [0.717, 1.165) is 30.5 Å². The van der Waals surface area contributed by atoms with Gasteiger partial charge in [-0.3, -0.25) is 9.78 Å². The first kappa shape index (κ1) is 20.0. The lowest BCUT2D eigenvalue weighted by Gasteiger charge is -2.22. The van der Waals surface area contributed by atoms with E-state index in [0.29, 0.717) is 34.2 Å². The lowest BCUT2D eigenvalue weighted by Crippen LogP contribution is -2.33. The van der Waals surface area contributed by atoms with E-state index in [1.165, 1.54) is 6.33 Å². The van der Waals surface area contributed by atoms with Crippen LogP contribution in [0.3, 0.4) is 0 Å². The van der Waals surface area contributed by atoms with Crippen LogP contribution in [0, 0.1) is 6.92 Å². The van der Waals surface area contributed by atoms with Crippen molar-refractivity contribution >= 4 is 23.2 Å². The third-order valence-corrected chi connectivity index (χ3v) is 5.87. The summed E-state index contributed by atoms with van der Waals surface area (Å²) in [6.07, 6.45) is 7.72. The van der Waals surface area contributed by atoms with Gasteiger partial charge in [0.05, 0.1) is 23.1 Å². The Morgan fingerprint density at radius 2 is 2.03 bits per heavy atom. The Labute approximate surface area is 184 Å². The zero-order valence-corrected chi connectivity index (χ0v) is 18.1. The summed E-state index contributed by atoms with van der Waals surface area (Å²) >= 11 is 0. The summed E-state index contributed by atoms with van der Waals surface area (Å²) in [7, 11) is 0. The summed E-state index contributed by atoms with van der Waals surface area (Å²) in [5.41, 5.74) is 9.47. The summed E-state index contributed by atoms with van der Waals surface area (Å²) in [6.45, 7) is 5.85. The topological polar surface area (TPSA) is 137 Å². The third-order valence-electron chi connectivity index (χ3n) is 5.87. The molecule has 0 bridgehead atoms. The SMILES string of the molecule is CCCCc1nc(-c2nc(N)c3c(n2)NC(=O)C3(C)c2ccc(C)cn2)cn2ncnc12. The highest BCUT2D eigenvalue weighted by atomic mass is 16.2. The molecule has 4 aromatic heterocycles. The first-order valence-electron chi connectivity index (χ1n) is 10.5. The number of anilines is 2. The standard InChI is InChI=1S/C22H23N9O/c1-4-5-6-13-20-25-11-26-31(20)10-14(27-13)18-28-17(23)16-19(29-18)30-21(32)22(16,3)15-8-7-12(2)9-24-15/h7-11H,4-6H2,1-3H3,(H3,23,28,29,30,32). The Balaban J connectivity index is 1.63. The lowest BCUT2D eigenvalue weighted by atomic mass is 9.80. The largest absolute Gasteiger partial charge is 0.383 e. The number of aryl methyl sites for hydroxylation is 2. The van der Waals surface area contributed by atoms with E-state index in [9.17, 15) is 4.79 Å². The van der Waals surface area contributed by atoms with E-state index >= 15 is 0 Å². The Kier molecular flexibility index (Phi) is 4.58. The van der Waals surface area contributed by atoms with Crippen LogP contribution in [0.4, 0.5) is 11.6 Å². The van der Waals surface area contributed by atoms with Crippen molar-refractivity contribution in [3.05, 3.63) is 53.4 Å². The van der Waals surface area contributed by atoms with Gasteiger partial charge < -0.3 is 11.1 Å². The average Bonchev–Trinajstić information content (AvgIpc) is 3.35.